The van der Waals surface area contributed by atoms with Gasteiger partial charge in [-0.15, -0.1) is 0 Å². The first-order valence-electron chi connectivity index (χ1n) is 9.79. The van der Waals surface area contributed by atoms with Crippen molar-refractivity contribution < 1.29 is 9.59 Å². The van der Waals surface area contributed by atoms with Crippen LogP contribution in [0.15, 0.2) is 0 Å². The molecule has 5 nitrogen and oxygen atoms in total. The van der Waals surface area contributed by atoms with Gasteiger partial charge in [-0.3, -0.25) is 9.59 Å². The van der Waals surface area contributed by atoms with Gasteiger partial charge in [0.15, 0.2) is 0 Å². The summed E-state index contributed by atoms with van der Waals surface area (Å²) in [6.45, 7) is 5.55. The van der Waals surface area contributed by atoms with E-state index in [1.807, 2.05) is 30.7 Å². The normalized spacial score (nSPS) is 31.2. The molecule has 0 spiro atoms. The molecule has 3 atom stereocenters. The maximum atomic E-state index is 12.8. The number of amides is 2. The van der Waals surface area contributed by atoms with E-state index in [0.29, 0.717) is 12.0 Å². The molecule has 24 heavy (non-hydrogen) atoms. The zero-order valence-corrected chi connectivity index (χ0v) is 15.5. The van der Waals surface area contributed by atoms with Crippen molar-refractivity contribution in [2.24, 2.45) is 11.8 Å². The lowest BCUT2D eigenvalue weighted by molar-refractivity contribution is -0.141. The smallest absolute Gasteiger partial charge is 0.239 e. The molecule has 0 bridgehead atoms. The van der Waals surface area contributed by atoms with E-state index in [1.165, 1.54) is 25.7 Å². The average molecular weight is 335 g/mol. The van der Waals surface area contributed by atoms with Crippen molar-refractivity contribution in [1.82, 2.24) is 15.1 Å². The third-order valence-corrected chi connectivity index (χ3v) is 6.44. The zero-order chi connectivity index (χ0) is 17.3. The van der Waals surface area contributed by atoms with Crippen LogP contribution in [0.25, 0.3) is 0 Å². The highest BCUT2D eigenvalue weighted by Gasteiger charge is 2.40. The summed E-state index contributed by atoms with van der Waals surface area (Å²) in [5.41, 5.74) is 0. The van der Waals surface area contributed by atoms with E-state index in [9.17, 15) is 9.59 Å². The monoisotopic (exact) mass is 335 g/mol. The second-order valence-corrected chi connectivity index (χ2v) is 8.25. The van der Waals surface area contributed by atoms with Crippen LogP contribution in [0.4, 0.5) is 0 Å². The summed E-state index contributed by atoms with van der Waals surface area (Å²) in [6.07, 6.45) is 7.75. The summed E-state index contributed by atoms with van der Waals surface area (Å²) in [7, 11) is 1.88. The number of likely N-dealkylation sites (tertiary alicyclic amines) is 1. The summed E-state index contributed by atoms with van der Waals surface area (Å²) < 4.78 is 0. The Hall–Kier alpha value is -1.10. The molecule has 1 saturated carbocycles. The molecule has 1 N–H and O–H groups in total. The molecule has 0 aromatic heterocycles. The fraction of sp³-hybridized carbons (Fsp3) is 0.895. The van der Waals surface area contributed by atoms with Gasteiger partial charge in [-0.1, -0.05) is 12.8 Å². The van der Waals surface area contributed by atoms with Gasteiger partial charge in [0.05, 0.1) is 6.04 Å². The second kappa shape index (κ2) is 7.42. The zero-order valence-electron chi connectivity index (χ0n) is 15.5. The molecular weight excluding hydrogens is 302 g/mol. The van der Waals surface area contributed by atoms with Crippen molar-refractivity contribution in [3.63, 3.8) is 0 Å². The number of piperidine rings is 1. The Kier molecular flexibility index (Phi) is 5.48. The Morgan fingerprint density at radius 3 is 2.38 bits per heavy atom. The van der Waals surface area contributed by atoms with Crippen LogP contribution in [0.3, 0.4) is 0 Å². The highest BCUT2D eigenvalue weighted by molar-refractivity contribution is 5.83. The first-order chi connectivity index (χ1) is 11.5. The Morgan fingerprint density at radius 2 is 1.75 bits per heavy atom. The number of hydrogen-bond donors (Lipinski definition) is 1. The molecule has 2 amide bonds. The minimum Gasteiger partial charge on any atom is -0.343 e. The minimum absolute atomic E-state index is 0.0173. The number of nitrogens with zero attached hydrogens (tertiary/aromatic N) is 2. The first-order valence-corrected chi connectivity index (χ1v) is 9.79. The Labute approximate surface area is 146 Å². The largest absolute Gasteiger partial charge is 0.343 e. The van der Waals surface area contributed by atoms with Crippen LogP contribution < -0.4 is 5.32 Å². The van der Waals surface area contributed by atoms with Crippen molar-refractivity contribution in [2.75, 3.05) is 20.1 Å². The molecule has 2 heterocycles. The molecule has 0 radical (unpaired) electrons. The quantitative estimate of drug-likeness (QED) is 0.858. The van der Waals surface area contributed by atoms with Gasteiger partial charge in [0.25, 0.3) is 0 Å². The van der Waals surface area contributed by atoms with Gasteiger partial charge in [0.2, 0.25) is 11.8 Å². The maximum absolute atomic E-state index is 12.8. The Bertz CT molecular complexity index is 457. The molecule has 5 heteroatoms. The summed E-state index contributed by atoms with van der Waals surface area (Å²) in [5, 5.41) is 3.59. The predicted molar refractivity (Wildman–Crippen MR) is 94.5 cm³/mol. The topological polar surface area (TPSA) is 52.7 Å². The van der Waals surface area contributed by atoms with Crippen LogP contribution in [0.5, 0.6) is 0 Å². The van der Waals surface area contributed by atoms with Crippen LogP contribution in [-0.4, -0.2) is 59.9 Å². The lowest BCUT2D eigenvalue weighted by Crippen LogP contribution is -2.50. The van der Waals surface area contributed by atoms with E-state index in [0.717, 1.165) is 32.4 Å². The van der Waals surface area contributed by atoms with Crippen LogP contribution in [0.2, 0.25) is 0 Å². The molecule has 2 aliphatic heterocycles. The summed E-state index contributed by atoms with van der Waals surface area (Å²) >= 11 is 0. The van der Waals surface area contributed by atoms with Crippen LogP contribution >= 0.6 is 0 Å². The Balaban J connectivity index is 1.50. The van der Waals surface area contributed by atoms with E-state index in [4.69, 9.17) is 0 Å². The molecule has 1 aliphatic carbocycles. The number of fused-ring (bicyclic) bond motifs is 1. The fourth-order valence-electron chi connectivity index (χ4n) is 4.62. The van der Waals surface area contributed by atoms with Gasteiger partial charge in [0, 0.05) is 38.1 Å². The molecule has 3 aliphatic rings. The molecular formula is C19H33N3O2. The Morgan fingerprint density at radius 1 is 1.08 bits per heavy atom. The number of nitrogens with one attached hydrogen (secondary N) is 1. The maximum Gasteiger partial charge on any atom is 0.239 e. The number of carbonyl (C=O) groups is 2. The summed E-state index contributed by atoms with van der Waals surface area (Å²) in [5.74, 6) is 1.29. The molecule has 3 unspecified atom stereocenters. The van der Waals surface area contributed by atoms with Gasteiger partial charge in [0.1, 0.15) is 0 Å². The lowest BCUT2D eigenvalue weighted by atomic mass is 9.85. The number of carbonyl (C=O) groups excluding carboxylic acids is 2. The molecule has 136 valence electrons. The van der Waals surface area contributed by atoms with Gasteiger partial charge >= 0.3 is 0 Å². The molecule has 0 aromatic carbocycles. The molecule has 0 aromatic rings. The molecule has 3 fully saturated rings. The van der Waals surface area contributed by atoms with Crippen molar-refractivity contribution in [3.05, 3.63) is 0 Å². The minimum atomic E-state index is 0.0173. The highest BCUT2D eigenvalue weighted by Crippen LogP contribution is 2.34. The van der Waals surface area contributed by atoms with E-state index in [1.54, 1.807) is 0 Å². The van der Waals surface area contributed by atoms with Crippen molar-refractivity contribution >= 4 is 11.8 Å². The summed E-state index contributed by atoms with van der Waals surface area (Å²) in [6, 6.07) is 0.818. The van der Waals surface area contributed by atoms with Crippen LogP contribution in [-0.2, 0) is 9.59 Å². The third-order valence-electron chi connectivity index (χ3n) is 6.44. The molecule has 2 saturated heterocycles. The van der Waals surface area contributed by atoms with Crippen LogP contribution in [0, 0.1) is 11.8 Å². The number of rotatable bonds is 3. The van der Waals surface area contributed by atoms with Gasteiger partial charge in [-0.25, -0.2) is 0 Å². The van der Waals surface area contributed by atoms with Crippen molar-refractivity contribution in [1.29, 1.82) is 0 Å². The SMILES string of the molecule is CC(C)N(C)C(=O)C1CCN(C(=O)C2CC3CCCCC3N2)CC1. The van der Waals surface area contributed by atoms with Gasteiger partial charge in [-0.2, -0.15) is 0 Å². The van der Waals surface area contributed by atoms with E-state index < -0.39 is 0 Å². The predicted octanol–water partition coefficient (Wildman–Crippen LogP) is 2.01. The van der Waals surface area contributed by atoms with Gasteiger partial charge < -0.3 is 15.1 Å². The van der Waals surface area contributed by atoms with Crippen molar-refractivity contribution in [3.8, 4) is 0 Å². The second-order valence-electron chi connectivity index (χ2n) is 8.25. The van der Waals surface area contributed by atoms with E-state index in [2.05, 4.69) is 5.32 Å². The number of hydrogen-bond acceptors (Lipinski definition) is 3. The van der Waals surface area contributed by atoms with E-state index in [-0.39, 0.29) is 29.8 Å². The highest BCUT2D eigenvalue weighted by atomic mass is 16.2. The summed E-state index contributed by atoms with van der Waals surface area (Å²) in [4.78, 5) is 29.1. The third kappa shape index (κ3) is 3.61. The first kappa shape index (κ1) is 17.7. The standard InChI is InChI=1S/C19H33N3O2/c1-13(2)21(3)18(23)14-8-10-22(11-9-14)19(24)17-12-15-6-4-5-7-16(15)20-17/h13-17,20H,4-12H2,1-3H3. The van der Waals surface area contributed by atoms with E-state index >= 15 is 0 Å². The molecule has 3 rings (SSSR count). The fourth-order valence-corrected chi connectivity index (χ4v) is 4.62. The lowest BCUT2D eigenvalue weighted by Gasteiger charge is -2.35. The average Bonchev–Trinajstić information content (AvgIpc) is 3.04. The van der Waals surface area contributed by atoms with Crippen molar-refractivity contribution in [2.45, 2.75) is 76.9 Å². The van der Waals surface area contributed by atoms with Crippen LogP contribution in [0.1, 0.15) is 58.8 Å². The van der Waals surface area contributed by atoms with Gasteiger partial charge in [-0.05, 0) is 51.9 Å².